The molecule has 0 saturated carbocycles. The maximum atomic E-state index is 13.2. The topological polar surface area (TPSA) is 64.6 Å². The van der Waals surface area contributed by atoms with E-state index in [-0.39, 0.29) is 11.7 Å². The van der Waals surface area contributed by atoms with Gasteiger partial charge in [0.05, 0.1) is 11.3 Å². The molecule has 0 aromatic heterocycles. The maximum Gasteiger partial charge on any atom is 0.255 e. The van der Waals surface area contributed by atoms with Crippen molar-refractivity contribution in [3.8, 4) is 11.5 Å². The third kappa shape index (κ3) is 4.38. The Labute approximate surface area is 186 Å². The van der Waals surface area contributed by atoms with E-state index >= 15 is 0 Å². The zero-order chi connectivity index (χ0) is 20.4. The number of ketones is 1. The van der Waals surface area contributed by atoms with Crippen LogP contribution in [-0.4, -0.2) is 24.9 Å². The first-order valence-corrected chi connectivity index (χ1v) is 10.3. The molecule has 1 heterocycles. The molecule has 146 valence electrons. The standard InChI is InChI=1S/C22H15ClINO4/c23-15-5-1-3-13(9-15)21(26)17-11-19-20(29-8-7-28-19)12-18(17)25-22(27)14-4-2-6-16(24)10-14/h1-6,9-12H,7-8H2,(H,25,27). The first-order valence-electron chi connectivity index (χ1n) is 8.82. The molecule has 0 atom stereocenters. The van der Waals surface area contributed by atoms with Crippen LogP contribution in [0.15, 0.2) is 60.7 Å². The molecule has 3 aromatic rings. The number of hydrogen-bond donors (Lipinski definition) is 1. The van der Waals surface area contributed by atoms with Gasteiger partial charge in [-0.25, -0.2) is 0 Å². The van der Waals surface area contributed by atoms with Crippen LogP contribution in [0.1, 0.15) is 26.3 Å². The molecule has 1 amide bonds. The van der Waals surface area contributed by atoms with Gasteiger partial charge in [0.15, 0.2) is 17.3 Å². The van der Waals surface area contributed by atoms with Crippen molar-refractivity contribution in [2.24, 2.45) is 0 Å². The lowest BCUT2D eigenvalue weighted by molar-refractivity contribution is 0.102. The van der Waals surface area contributed by atoms with Crippen LogP contribution in [-0.2, 0) is 0 Å². The van der Waals surface area contributed by atoms with Gasteiger partial charge in [-0.1, -0.05) is 29.8 Å². The molecular weight excluding hydrogens is 505 g/mol. The fourth-order valence-electron chi connectivity index (χ4n) is 2.99. The zero-order valence-electron chi connectivity index (χ0n) is 15.1. The average molecular weight is 520 g/mol. The van der Waals surface area contributed by atoms with Crippen molar-refractivity contribution < 1.29 is 19.1 Å². The van der Waals surface area contributed by atoms with Crippen LogP contribution in [0.4, 0.5) is 5.69 Å². The molecule has 1 N–H and O–H groups in total. The van der Waals surface area contributed by atoms with Crippen LogP contribution in [0.25, 0.3) is 0 Å². The Morgan fingerprint density at radius 1 is 0.897 bits per heavy atom. The molecule has 0 unspecified atom stereocenters. The zero-order valence-corrected chi connectivity index (χ0v) is 18.0. The second kappa shape index (κ2) is 8.42. The van der Waals surface area contributed by atoms with E-state index in [0.29, 0.717) is 52.1 Å². The number of halogens is 2. The molecule has 1 aliphatic heterocycles. The van der Waals surface area contributed by atoms with E-state index in [2.05, 4.69) is 27.9 Å². The molecule has 0 saturated heterocycles. The summed E-state index contributed by atoms with van der Waals surface area (Å²) in [6.45, 7) is 0.796. The first-order chi connectivity index (χ1) is 14.0. The third-order valence-electron chi connectivity index (χ3n) is 4.35. The van der Waals surface area contributed by atoms with E-state index in [0.717, 1.165) is 3.57 Å². The molecular formula is C22H15ClINO4. The highest BCUT2D eigenvalue weighted by atomic mass is 127. The number of anilines is 1. The minimum absolute atomic E-state index is 0.276. The van der Waals surface area contributed by atoms with Gasteiger partial charge in [-0.3, -0.25) is 9.59 Å². The van der Waals surface area contributed by atoms with Crippen molar-refractivity contribution in [3.63, 3.8) is 0 Å². The van der Waals surface area contributed by atoms with Crippen LogP contribution >= 0.6 is 34.2 Å². The molecule has 29 heavy (non-hydrogen) atoms. The minimum Gasteiger partial charge on any atom is -0.486 e. The second-order valence-corrected chi connectivity index (χ2v) is 8.03. The maximum absolute atomic E-state index is 13.2. The van der Waals surface area contributed by atoms with Crippen molar-refractivity contribution in [2.75, 3.05) is 18.5 Å². The number of amides is 1. The molecule has 1 aliphatic rings. The summed E-state index contributed by atoms with van der Waals surface area (Å²) in [7, 11) is 0. The summed E-state index contributed by atoms with van der Waals surface area (Å²) in [5.41, 5.74) is 1.56. The molecule has 0 aliphatic carbocycles. The molecule has 0 spiro atoms. The van der Waals surface area contributed by atoms with Gasteiger partial charge in [0, 0.05) is 25.8 Å². The Hall–Kier alpha value is -2.58. The highest BCUT2D eigenvalue weighted by molar-refractivity contribution is 14.1. The van der Waals surface area contributed by atoms with Crippen molar-refractivity contribution in [3.05, 3.63) is 85.9 Å². The summed E-state index contributed by atoms with van der Waals surface area (Å²) in [5, 5.41) is 3.29. The first kappa shape index (κ1) is 19.7. The van der Waals surface area contributed by atoms with Crippen molar-refractivity contribution >= 4 is 51.6 Å². The number of fused-ring (bicyclic) bond motifs is 1. The van der Waals surface area contributed by atoms with Gasteiger partial charge in [-0.2, -0.15) is 0 Å². The SMILES string of the molecule is O=C(Nc1cc2c(cc1C(=O)c1cccc(Cl)c1)OCCO2)c1cccc(I)c1. The minimum atomic E-state index is -0.319. The van der Waals surface area contributed by atoms with E-state index in [1.807, 2.05) is 6.07 Å². The fraction of sp³-hybridized carbons (Fsp3) is 0.0909. The predicted molar refractivity (Wildman–Crippen MR) is 119 cm³/mol. The number of benzene rings is 3. The average Bonchev–Trinajstić information content (AvgIpc) is 2.72. The van der Waals surface area contributed by atoms with E-state index in [9.17, 15) is 9.59 Å². The Balaban J connectivity index is 1.75. The molecule has 5 nitrogen and oxygen atoms in total. The van der Waals surface area contributed by atoms with E-state index in [1.165, 1.54) is 0 Å². The van der Waals surface area contributed by atoms with Gasteiger partial charge in [0.25, 0.3) is 5.91 Å². The van der Waals surface area contributed by atoms with Crippen molar-refractivity contribution in [1.82, 2.24) is 0 Å². The quantitative estimate of drug-likeness (QED) is 0.380. The van der Waals surface area contributed by atoms with Crippen LogP contribution in [0.3, 0.4) is 0 Å². The van der Waals surface area contributed by atoms with Gasteiger partial charge in [0.1, 0.15) is 13.2 Å². The Morgan fingerprint density at radius 2 is 1.59 bits per heavy atom. The summed E-state index contributed by atoms with van der Waals surface area (Å²) < 4.78 is 12.2. The van der Waals surface area contributed by atoms with Crippen molar-refractivity contribution in [2.45, 2.75) is 0 Å². The van der Waals surface area contributed by atoms with Gasteiger partial charge >= 0.3 is 0 Å². The number of rotatable bonds is 4. The van der Waals surface area contributed by atoms with Crippen LogP contribution < -0.4 is 14.8 Å². The number of carbonyl (C=O) groups excluding carboxylic acids is 2. The smallest absolute Gasteiger partial charge is 0.255 e. The van der Waals surface area contributed by atoms with Gasteiger partial charge in [-0.15, -0.1) is 0 Å². The lowest BCUT2D eigenvalue weighted by Crippen LogP contribution is -2.19. The summed E-state index contributed by atoms with van der Waals surface area (Å²) >= 11 is 8.19. The van der Waals surface area contributed by atoms with Gasteiger partial charge in [-0.05, 0) is 59.0 Å². The molecule has 0 radical (unpaired) electrons. The molecule has 0 fully saturated rings. The highest BCUT2D eigenvalue weighted by Gasteiger charge is 2.22. The number of hydrogen-bond acceptors (Lipinski definition) is 4. The summed E-state index contributed by atoms with van der Waals surface area (Å²) in [6.07, 6.45) is 0. The predicted octanol–water partition coefficient (Wildman–Crippen LogP) is 5.20. The lowest BCUT2D eigenvalue weighted by atomic mass is 10.0. The molecule has 7 heteroatoms. The van der Waals surface area contributed by atoms with E-state index < -0.39 is 0 Å². The molecule has 0 bridgehead atoms. The highest BCUT2D eigenvalue weighted by Crippen LogP contribution is 2.37. The number of carbonyl (C=O) groups is 2. The lowest BCUT2D eigenvalue weighted by Gasteiger charge is -2.21. The van der Waals surface area contributed by atoms with E-state index in [4.69, 9.17) is 21.1 Å². The molecule has 4 rings (SSSR count). The Kier molecular flexibility index (Phi) is 5.73. The normalized spacial score (nSPS) is 12.3. The third-order valence-corrected chi connectivity index (χ3v) is 5.25. The monoisotopic (exact) mass is 519 g/mol. The number of ether oxygens (including phenoxy) is 2. The largest absolute Gasteiger partial charge is 0.486 e. The molecule has 3 aromatic carbocycles. The summed E-state index contributed by atoms with van der Waals surface area (Å²) in [4.78, 5) is 26.0. The summed E-state index contributed by atoms with van der Waals surface area (Å²) in [6, 6.07) is 17.1. The van der Waals surface area contributed by atoms with Crippen LogP contribution in [0.5, 0.6) is 11.5 Å². The van der Waals surface area contributed by atoms with Crippen LogP contribution in [0, 0.1) is 3.57 Å². The van der Waals surface area contributed by atoms with Gasteiger partial charge < -0.3 is 14.8 Å². The Bertz CT molecular complexity index is 1120. The number of nitrogens with one attached hydrogen (secondary N) is 1. The van der Waals surface area contributed by atoms with Crippen molar-refractivity contribution in [1.29, 1.82) is 0 Å². The van der Waals surface area contributed by atoms with Crippen LogP contribution in [0.2, 0.25) is 5.02 Å². The van der Waals surface area contributed by atoms with E-state index in [1.54, 1.807) is 54.6 Å². The van der Waals surface area contributed by atoms with Gasteiger partial charge in [0.2, 0.25) is 0 Å². The second-order valence-electron chi connectivity index (χ2n) is 6.35. The Morgan fingerprint density at radius 3 is 2.31 bits per heavy atom. The summed E-state index contributed by atoms with van der Waals surface area (Å²) in [5.74, 6) is 0.355. The fourth-order valence-corrected chi connectivity index (χ4v) is 3.72.